The molecule has 106 valence electrons. The largest absolute Gasteiger partial charge is 0.381 e. The average molecular weight is 280 g/mol. The van der Waals surface area contributed by atoms with E-state index in [9.17, 15) is 0 Å². The molecule has 5 heterocycles. The quantitative estimate of drug-likeness (QED) is 0.718. The summed E-state index contributed by atoms with van der Waals surface area (Å²) in [5.41, 5.74) is 9.34. The van der Waals surface area contributed by atoms with Crippen LogP contribution in [0, 0.1) is 0 Å². The van der Waals surface area contributed by atoms with Crippen LogP contribution in [-0.2, 0) is 0 Å². The zero-order chi connectivity index (χ0) is 14.0. The molecule has 0 aliphatic carbocycles. The second-order valence-electron chi connectivity index (χ2n) is 5.99. The van der Waals surface area contributed by atoms with Gasteiger partial charge in [-0.05, 0) is 24.8 Å². The third-order valence-corrected chi connectivity index (χ3v) is 4.87. The molecule has 0 spiro atoms. The van der Waals surface area contributed by atoms with E-state index in [2.05, 4.69) is 33.2 Å². The van der Waals surface area contributed by atoms with Crippen LogP contribution in [0.3, 0.4) is 0 Å². The van der Waals surface area contributed by atoms with Crippen molar-refractivity contribution in [1.82, 2.24) is 10.1 Å². The van der Waals surface area contributed by atoms with Gasteiger partial charge in [-0.2, -0.15) is 0 Å². The highest BCUT2D eigenvalue weighted by molar-refractivity contribution is 5.99. The molecule has 5 heteroatoms. The Morgan fingerprint density at radius 3 is 2.90 bits per heavy atom. The number of benzene rings is 1. The molecule has 3 N–H and O–H groups in total. The average Bonchev–Trinajstić information content (AvgIpc) is 3.12. The summed E-state index contributed by atoms with van der Waals surface area (Å²) in [4.78, 5) is 6.09. The third kappa shape index (κ3) is 1.43. The van der Waals surface area contributed by atoms with Crippen LogP contribution < -0.4 is 10.6 Å². The Kier molecular flexibility index (Phi) is 2.04. The minimum absolute atomic E-state index is 0.419. The molecule has 3 aliphatic heterocycles. The Morgan fingerprint density at radius 2 is 2.14 bits per heavy atom. The Morgan fingerprint density at radius 1 is 1.29 bits per heavy atom. The van der Waals surface area contributed by atoms with Crippen molar-refractivity contribution in [1.29, 1.82) is 0 Å². The number of anilines is 2. The number of rotatable bonds is 1. The van der Waals surface area contributed by atoms with Gasteiger partial charge < -0.3 is 20.1 Å². The lowest BCUT2D eigenvalue weighted by atomic mass is 9.84. The van der Waals surface area contributed by atoms with E-state index in [-0.39, 0.29) is 0 Å². The molecular formula is C16H16N4O. The summed E-state index contributed by atoms with van der Waals surface area (Å²) in [6.07, 6.45) is 2.53. The molecule has 1 fully saturated rings. The minimum Gasteiger partial charge on any atom is -0.381 e. The number of nitrogens with zero attached hydrogens (tertiary/aromatic N) is 2. The van der Waals surface area contributed by atoms with Gasteiger partial charge in [0.25, 0.3) is 0 Å². The van der Waals surface area contributed by atoms with Gasteiger partial charge in [0.05, 0.1) is 5.52 Å². The summed E-state index contributed by atoms with van der Waals surface area (Å²) in [6, 6.07) is 8.13. The molecule has 2 aromatic heterocycles. The smallest absolute Gasteiger partial charge is 0.171 e. The van der Waals surface area contributed by atoms with Crippen molar-refractivity contribution < 1.29 is 4.52 Å². The van der Waals surface area contributed by atoms with Crippen molar-refractivity contribution in [3.63, 3.8) is 0 Å². The lowest BCUT2D eigenvalue weighted by Gasteiger charge is -2.40. The Hall–Kier alpha value is -2.43. The number of hydrogen-bond donors (Lipinski definition) is 2. The molecule has 0 radical (unpaired) electrons. The third-order valence-electron chi connectivity index (χ3n) is 4.87. The summed E-state index contributed by atoms with van der Waals surface area (Å²) in [7, 11) is 0. The van der Waals surface area contributed by atoms with E-state index < -0.39 is 0 Å². The maximum absolute atomic E-state index is 5.69. The predicted octanol–water partition coefficient (Wildman–Crippen LogP) is 3.10. The molecule has 0 saturated carbocycles. The summed E-state index contributed by atoms with van der Waals surface area (Å²) in [5, 5.41) is 5.11. The van der Waals surface area contributed by atoms with Crippen LogP contribution in [0.4, 0.5) is 11.6 Å². The molecule has 1 saturated heterocycles. The molecule has 21 heavy (non-hydrogen) atoms. The van der Waals surface area contributed by atoms with Gasteiger partial charge >= 0.3 is 0 Å². The molecule has 0 unspecified atom stereocenters. The van der Waals surface area contributed by atoms with Crippen LogP contribution >= 0.6 is 0 Å². The number of hydrogen-bond acceptors (Lipinski definition) is 4. The number of aromatic nitrogens is 2. The number of para-hydroxylation sites is 1. The van der Waals surface area contributed by atoms with Crippen LogP contribution in [0.2, 0.25) is 0 Å². The molecule has 1 aromatic carbocycles. The topological polar surface area (TPSA) is 71.1 Å². The van der Waals surface area contributed by atoms with Crippen molar-refractivity contribution in [2.75, 3.05) is 23.7 Å². The SMILES string of the molecule is Nc1cc(-c2cccc3c4c([nH]c23)N2CCC4CC2)on1. The lowest BCUT2D eigenvalue weighted by molar-refractivity contribution is 0.436. The molecular weight excluding hydrogens is 264 g/mol. The first-order valence-electron chi connectivity index (χ1n) is 7.43. The van der Waals surface area contributed by atoms with Crippen molar-refractivity contribution in [2.24, 2.45) is 0 Å². The first-order chi connectivity index (χ1) is 10.3. The van der Waals surface area contributed by atoms with E-state index >= 15 is 0 Å². The van der Waals surface area contributed by atoms with Crippen molar-refractivity contribution >= 4 is 22.5 Å². The van der Waals surface area contributed by atoms with E-state index in [0.717, 1.165) is 29.9 Å². The summed E-state index contributed by atoms with van der Waals surface area (Å²) in [5.74, 6) is 3.13. The zero-order valence-electron chi connectivity index (χ0n) is 11.6. The number of piperidine rings is 1. The summed E-state index contributed by atoms with van der Waals surface area (Å²) >= 11 is 0. The van der Waals surface area contributed by atoms with Gasteiger partial charge in [0.2, 0.25) is 0 Å². The van der Waals surface area contributed by atoms with Gasteiger partial charge in [0, 0.05) is 35.7 Å². The zero-order valence-corrected chi connectivity index (χ0v) is 11.6. The first-order valence-corrected chi connectivity index (χ1v) is 7.43. The van der Waals surface area contributed by atoms with Crippen molar-refractivity contribution in [2.45, 2.75) is 18.8 Å². The Bertz CT molecular complexity index is 839. The maximum atomic E-state index is 5.69. The predicted molar refractivity (Wildman–Crippen MR) is 82.4 cm³/mol. The summed E-state index contributed by atoms with van der Waals surface area (Å²) in [6.45, 7) is 2.32. The van der Waals surface area contributed by atoms with E-state index in [4.69, 9.17) is 10.3 Å². The molecule has 0 amide bonds. The highest BCUT2D eigenvalue weighted by Crippen LogP contribution is 2.47. The van der Waals surface area contributed by atoms with Gasteiger partial charge in [-0.1, -0.05) is 17.3 Å². The molecule has 0 atom stereocenters. The van der Waals surface area contributed by atoms with Gasteiger partial charge in [-0.25, -0.2) is 0 Å². The van der Waals surface area contributed by atoms with Crippen molar-refractivity contribution in [3.8, 4) is 11.3 Å². The maximum Gasteiger partial charge on any atom is 0.171 e. The fourth-order valence-electron chi connectivity index (χ4n) is 3.90. The number of H-pyrrole nitrogens is 1. The van der Waals surface area contributed by atoms with E-state index in [1.54, 1.807) is 6.07 Å². The van der Waals surface area contributed by atoms with Crippen LogP contribution in [0.15, 0.2) is 28.8 Å². The normalized spacial score (nSPS) is 17.6. The fraction of sp³-hybridized carbons (Fsp3) is 0.312. The number of nitrogen functional groups attached to an aromatic ring is 1. The monoisotopic (exact) mass is 280 g/mol. The van der Waals surface area contributed by atoms with E-state index in [0.29, 0.717) is 11.7 Å². The van der Waals surface area contributed by atoms with Gasteiger partial charge in [-0.3, -0.25) is 0 Å². The van der Waals surface area contributed by atoms with Gasteiger partial charge in [-0.15, -0.1) is 0 Å². The van der Waals surface area contributed by atoms with E-state index in [1.165, 1.54) is 29.6 Å². The van der Waals surface area contributed by atoms with Crippen LogP contribution in [0.5, 0.6) is 0 Å². The molecule has 6 rings (SSSR count). The van der Waals surface area contributed by atoms with Crippen molar-refractivity contribution in [3.05, 3.63) is 29.8 Å². The Labute approximate surface area is 121 Å². The molecule has 2 bridgehead atoms. The van der Waals surface area contributed by atoms with Crippen LogP contribution in [-0.4, -0.2) is 23.2 Å². The first kappa shape index (κ1) is 11.3. The summed E-state index contributed by atoms with van der Waals surface area (Å²) < 4.78 is 5.35. The van der Waals surface area contributed by atoms with E-state index in [1.807, 2.05) is 0 Å². The van der Waals surface area contributed by atoms with Gasteiger partial charge in [0.1, 0.15) is 5.82 Å². The molecule has 3 aliphatic rings. The van der Waals surface area contributed by atoms with Gasteiger partial charge in [0.15, 0.2) is 11.6 Å². The number of nitrogens with two attached hydrogens (primary N) is 1. The lowest BCUT2D eigenvalue weighted by Crippen LogP contribution is -2.38. The highest BCUT2D eigenvalue weighted by Gasteiger charge is 2.34. The number of aromatic amines is 1. The molecule has 5 nitrogen and oxygen atoms in total. The molecule has 3 aromatic rings. The Balaban J connectivity index is 1.81. The van der Waals surface area contributed by atoms with Crippen LogP contribution in [0.25, 0.3) is 22.2 Å². The fourth-order valence-corrected chi connectivity index (χ4v) is 3.90. The number of nitrogens with one attached hydrogen (secondary N) is 1. The minimum atomic E-state index is 0.419. The highest BCUT2D eigenvalue weighted by atomic mass is 16.5. The second kappa shape index (κ2) is 3.81. The van der Waals surface area contributed by atoms with Crippen LogP contribution in [0.1, 0.15) is 24.3 Å². The second-order valence-corrected chi connectivity index (χ2v) is 5.99. The number of fused-ring (bicyclic) bond motifs is 3. The standard InChI is InChI=1S/C16H16N4O/c17-13-8-12(21-19-13)10-2-1-3-11-14-9-4-6-20(7-5-9)16(14)18-15(10)11/h1-3,8-9,18H,4-7H2,(H2,17,19).